The molecule has 0 spiro atoms. The standard InChI is InChI=1S/C7H12FN3O/c1-3-6(8)4-11-5-9-10(2)7(11)12/h5-6H,3-4H2,1-2H3. The number of hydrogen-bond acceptors (Lipinski definition) is 2. The number of alkyl halides is 1. The summed E-state index contributed by atoms with van der Waals surface area (Å²) in [4.78, 5) is 11.1. The fourth-order valence-electron chi connectivity index (χ4n) is 0.892. The predicted octanol–water partition coefficient (Wildman–Crippen LogP) is 0.330. The third kappa shape index (κ3) is 1.72. The SMILES string of the molecule is CCC(F)Cn1cnn(C)c1=O. The maximum absolute atomic E-state index is 12.8. The molecule has 0 bridgehead atoms. The molecule has 5 heteroatoms. The minimum atomic E-state index is -0.966. The molecule has 0 aliphatic carbocycles. The van der Waals surface area contributed by atoms with Crippen molar-refractivity contribution in [2.24, 2.45) is 7.05 Å². The van der Waals surface area contributed by atoms with Crippen LogP contribution in [0.3, 0.4) is 0 Å². The van der Waals surface area contributed by atoms with Crippen molar-refractivity contribution in [2.75, 3.05) is 0 Å². The van der Waals surface area contributed by atoms with Crippen LogP contribution in [-0.2, 0) is 13.6 Å². The van der Waals surface area contributed by atoms with Crippen LogP contribution in [0.25, 0.3) is 0 Å². The average Bonchev–Trinajstić information content (AvgIpc) is 2.36. The van der Waals surface area contributed by atoms with Crippen molar-refractivity contribution in [2.45, 2.75) is 26.1 Å². The summed E-state index contributed by atoms with van der Waals surface area (Å²) in [6, 6.07) is 0. The Hall–Kier alpha value is -1.13. The number of rotatable bonds is 3. The molecular formula is C7H12FN3O. The number of aromatic nitrogens is 3. The van der Waals surface area contributed by atoms with Gasteiger partial charge in [-0.1, -0.05) is 6.92 Å². The molecule has 0 aliphatic rings. The molecule has 1 heterocycles. The first-order valence-corrected chi connectivity index (χ1v) is 3.87. The lowest BCUT2D eigenvalue weighted by Gasteiger charge is -2.02. The quantitative estimate of drug-likeness (QED) is 0.660. The number of aryl methyl sites for hydroxylation is 1. The van der Waals surface area contributed by atoms with Crippen molar-refractivity contribution in [3.8, 4) is 0 Å². The lowest BCUT2D eigenvalue weighted by Crippen LogP contribution is -2.25. The molecule has 0 N–H and O–H groups in total. The number of hydrogen-bond donors (Lipinski definition) is 0. The Morgan fingerprint density at radius 3 is 2.83 bits per heavy atom. The summed E-state index contributed by atoms with van der Waals surface area (Å²) in [5, 5.41) is 3.70. The van der Waals surface area contributed by atoms with E-state index in [0.717, 1.165) is 0 Å². The molecule has 0 aromatic carbocycles. The maximum Gasteiger partial charge on any atom is 0.345 e. The van der Waals surface area contributed by atoms with Gasteiger partial charge in [0.05, 0.1) is 6.54 Å². The summed E-state index contributed by atoms with van der Waals surface area (Å²) in [6.07, 6.45) is 0.804. The molecule has 0 saturated carbocycles. The van der Waals surface area contributed by atoms with Gasteiger partial charge in [0.25, 0.3) is 0 Å². The Morgan fingerprint density at radius 2 is 2.42 bits per heavy atom. The lowest BCUT2D eigenvalue weighted by molar-refractivity contribution is 0.284. The Labute approximate surface area is 69.6 Å². The predicted molar refractivity (Wildman–Crippen MR) is 42.7 cm³/mol. The summed E-state index contributed by atoms with van der Waals surface area (Å²) in [5.41, 5.74) is -0.272. The van der Waals surface area contributed by atoms with Gasteiger partial charge in [-0.05, 0) is 6.42 Å². The smallest absolute Gasteiger partial charge is 0.279 e. The van der Waals surface area contributed by atoms with E-state index in [1.54, 1.807) is 6.92 Å². The molecule has 0 radical (unpaired) electrons. The van der Waals surface area contributed by atoms with Gasteiger partial charge in [-0.2, -0.15) is 5.10 Å². The van der Waals surface area contributed by atoms with Gasteiger partial charge in [-0.25, -0.2) is 13.9 Å². The van der Waals surface area contributed by atoms with Crippen molar-refractivity contribution < 1.29 is 4.39 Å². The van der Waals surface area contributed by atoms with Crippen LogP contribution in [0.15, 0.2) is 11.1 Å². The van der Waals surface area contributed by atoms with Gasteiger partial charge < -0.3 is 0 Å². The molecule has 1 aromatic heterocycles. The molecule has 1 unspecified atom stereocenters. The first-order chi connectivity index (χ1) is 5.65. The highest BCUT2D eigenvalue weighted by Gasteiger charge is 2.07. The highest BCUT2D eigenvalue weighted by Crippen LogP contribution is 1.98. The molecule has 68 valence electrons. The minimum Gasteiger partial charge on any atom is -0.279 e. The van der Waals surface area contributed by atoms with Gasteiger partial charge in [0.2, 0.25) is 0 Å². The molecule has 1 rings (SSSR count). The summed E-state index contributed by atoms with van der Waals surface area (Å²) >= 11 is 0. The molecule has 0 amide bonds. The second-order valence-corrected chi connectivity index (χ2v) is 2.70. The van der Waals surface area contributed by atoms with Gasteiger partial charge in [-0.15, -0.1) is 0 Å². The Morgan fingerprint density at radius 1 is 1.75 bits per heavy atom. The summed E-state index contributed by atoms with van der Waals surface area (Å²) < 4.78 is 15.3. The van der Waals surface area contributed by atoms with Crippen molar-refractivity contribution >= 4 is 0 Å². The topological polar surface area (TPSA) is 39.8 Å². The molecule has 1 atom stereocenters. The van der Waals surface area contributed by atoms with Crippen LogP contribution in [0, 0.1) is 0 Å². The van der Waals surface area contributed by atoms with E-state index in [1.807, 2.05) is 0 Å². The Balaban J connectivity index is 2.76. The average molecular weight is 173 g/mol. The zero-order valence-corrected chi connectivity index (χ0v) is 7.20. The van der Waals surface area contributed by atoms with E-state index < -0.39 is 6.17 Å². The van der Waals surface area contributed by atoms with Crippen LogP contribution >= 0.6 is 0 Å². The monoisotopic (exact) mass is 173 g/mol. The summed E-state index contributed by atoms with van der Waals surface area (Å²) in [6.45, 7) is 1.84. The summed E-state index contributed by atoms with van der Waals surface area (Å²) in [5.74, 6) is 0. The molecule has 1 aromatic rings. The second kappa shape index (κ2) is 3.51. The number of halogens is 1. The van der Waals surface area contributed by atoms with Crippen LogP contribution in [0.5, 0.6) is 0 Å². The largest absolute Gasteiger partial charge is 0.345 e. The molecule has 4 nitrogen and oxygen atoms in total. The van der Waals surface area contributed by atoms with E-state index in [0.29, 0.717) is 6.42 Å². The zero-order chi connectivity index (χ0) is 9.14. The van der Waals surface area contributed by atoms with Crippen LogP contribution in [-0.4, -0.2) is 20.5 Å². The van der Waals surface area contributed by atoms with Gasteiger partial charge in [0.1, 0.15) is 12.5 Å². The van der Waals surface area contributed by atoms with Gasteiger partial charge in [-0.3, -0.25) is 4.57 Å². The highest BCUT2D eigenvalue weighted by atomic mass is 19.1. The third-order valence-electron chi connectivity index (χ3n) is 1.72. The number of nitrogens with zero attached hydrogens (tertiary/aromatic N) is 3. The van der Waals surface area contributed by atoms with Crippen molar-refractivity contribution in [3.63, 3.8) is 0 Å². The second-order valence-electron chi connectivity index (χ2n) is 2.70. The van der Waals surface area contributed by atoms with E-state index in [2.05, 4.69) is 5.10 Å². The van der Waals surface area contributed by atoms with Crippen molar-refractivity contribution in [1.82, 2.24) is 14.3 Å². The van der Waals surface area contributed by atoms with Crippen LogP contribution in [0.4, 0.5) is 4.39 Å². The molecular weight excluding hydrogens is 161 g/mol. The van der Waals surface area contributed by atoms with Gasteiger partial charge in [0, 0.05) is 7.05 Å². The van der Waals surface area contributed by atoms with E-state index in [4.69, 9.17) is 0 Å². The molecule has 0 aliphatic heterocycles. The normalized spacial score (nSPS) is 13.2. The fraction of sp³-hybridized carbons (Fsp3) is 0.714. The summed E-state index contributed by atoms with van der Waals surface area (Å²) in [7, 11) is 1.54. The minimum absolute atomic E-state index is 0.100. The third-order valence-corrected chi connectivity index (χ3v) is 1.72. The molecule has 0 fully saturated rings. The van der Waals surface area contributed by atoms with E-state index in [9.17, 15) is 9.18 Å². The van der Waals surface area contributed by atoms with Crippen LogP contribution < -0.4 is 5.69 Å². The van der Waals surface area contributed by atoms with E-state index >= 15 is 0 Å². The first kappa shape index (κ1) is 8.96. The van der Waals surface area contributed by atoms with Crippen molar-refractivity contribution in [3.05, 3.63) is 16.8 Å². The van der Waals surface area contributed by atoms with Crippen LogP contribution in [0.2, 0.25) is 0 Å². The van der Waals surface area contributed by atoms with Gasteiger partial charge in [0.15, 0.2) is 0 Å². The maximum atomic E-state index is 12.8. The Kier molecular flexibility index (Phi) is 2.62. The highest BCUT2D eigenvalue weighted by molar-refractivity contribution is 4.68. The van der Waals surface area contributed by atoms with Crippen molar-refractivity contribution in [1.29, 1.82) is 0 Å². The van der Waals surface area contributed by atoms with E-state index in [1.165, 1.54) is 22.6 Å². The fourth-order valence-corrected chi connectivity index (χ4v) is 0.892. The zero-order valence-electron chi connectivity index (χ0n) is 7.20. The lowest BCUT2D eigenvalue weighted by atomic mass is 10.3. The van der Waals surface area contributed by atoms with E-state index in [-0.39, 0.29) is 12.2 Å². The molecule has 0 saturated heterocycles. The van der Waals surface area contributed by atoms with Gasteiger partial charge >= 0.3 is 5.69 Å². The first-order valence-electron chi connectivity index (χ1n) is 3.87. The van der Waals surface area contributed by atoms with Crippen LogP contribution in [0.1, 0.15) is 13.3 Å². The molecule has 12 heavy (non-hydrogen) atoms. The Bertz CT molecular complexity index is 304.